The van der Waals surface area contributed by atoms with Crippen LogP contribution in [0.3, 0.4) is 0 Å². The molecule has 2 rings (SSSR count). The Kier molecular flexibility index (Phi) is 3.76. The number of rotatable bonds is 5. The summed E-state index contributed by atoms with van der Waals surface area (Å²) in [6.07, 6.45) is 7.27. The predicted octanol–water partition coefficient (Wildman–Crippen LogP) is 0.724. The third kappa shape index (κ3) is 3.19. The SMILES string of the molecule is CCn1cc(CNC(=O)Cn2cc(C)cn2)cn1. The summed E-state index contributed by atoms with van der Waals surface area (Å²) in [5, 5.41) is 11.1. The van der Waals surface area contributed by atoms with Crippen molar-refractivity contribution >= 4 is 5.91 Å². The van der Waals surface area contributed by atoms with Crippen molar-refractivity contribution in [1.82, 2.24) is 24.9 Å². The summed E-state index contributed by atoms with van der Waals surface area (Å²) in [5.41, 5.74) is 2.05. The molecule has 2 aromatic rings. The minimum atomic E-state index is -0.0534. The van der Waals surface area contributed by atoms with Gasteiger partial charge >= 0.3 is 0 Å². The summed E-state index contributed by atoms with van der Waals surface area (Å²) in [7, 11) is 0. The highest BCUT2D eigenvalue weighted by Gasteiger charge is 2.04. The highest BCUT2D eigenvalue weighted by molar-refractivity contribution is 5.75. The van der Waals surface area contributed by atoms with E-state index in [-0.39, 0.29) is 12.5 Å². The lowest BCUT2D eigenvalue weighted by atomic mass is 10.3. The fraction of sp³-hybridized carbons (Fsp3) is 0.417. The highest BCUT2D eigenvalue weighted by Crippen LogP contribution is 1.97. The van der Waals surface area contributed by atoms with Crippen LogP contribution < -0.4 is 5.32 Å². The number of carbonyl (C=O) groups is 1. The van der Waals surface area contributed by atoms with Crippen LogP contribution in [-0.2, 0) is 24.4 Å². The molecular formula is C12H17N5O. The Hall–Kier alpha value is -2.11. The summed E-state index contributed by atoms with van der Waals surface area (Å²) in [4.78, 5) is 11.7. The molecule has 0 fully saturated rings. The largest absolute Gasteiger partial charge is 0.350 e. The van der Waals surface area contributed by atoms with Crippen molar-refractivity contribution in [2.24, 2.45) is 0 Å². The first-order valence-corrected chi connectivity index (χ1v) is 5.94. The lowest BCUT2D eigenvalue weighted by Crippen LogP contribution is -2.27. The Labute approximate surface area is 106 Å². The summed E-state index contributed by atoms with van der Waals surface area (Å²) >= 11 is 0. The van der Waals surface area contributed by atoms with Gasteiger partial charge in [-0.05, 0) is 19.4 Å². The molecule has 2 heterocycles. The molecule has 0 aromatic carbocycles. The Morgan fingerprint density at radius 3 is 2.67 bits per heavy atom. The number of aryl methyl sites for hydroxylation is 2. The van der Waals surface area contributed by atoms with Crippen molar-refractivity contribution in [2.75, 3.05) is 0 Å². The first kappa shape index (κ1) is 12.3. The molecule has 18 heavy (non-hydrogen) atoms. The minimum Gasteiger partial charge on any atom is -0.350 e. The summed E-state index contributed by atoms with van der Waals surface area (Å²) in [5.74, 6) is -0.0534. The third-order valence-corrected chi connectivity index (χ3v) is 2.57. The normalized spacial score (nSPS) is 10.6. The lowest BCUT2D eigenvalue weighted by Gasteiger charge is -2.03. The molecule has 0 radical (unpaired) electrons. The topological polar surface area (TPSA) is 64.7 Å². The third-order valence-electron chi connectivity index (χ3n) is 2.57. The molecule has 6 heteroatoms. The van der Waals surface area contributed by atoms with E-state index in [1.54, 1.807) is 17.1 Å². The van der Waals surface area contributed by atoms with Crippen molar-refractivity contribution in [3.8, 4) is 0 Å². The minimum absolute atomic E-state index is 0.0534. The average molecular weight is 247 g/mol. The van der Waals surface area contributed by atoms with E-state index in [1.165, 1.54) is 0 Å². The van der Waals surface area contributed by atoms with E-state index in [1.807, 2.05) is 30.9 Å². The standard InChI is InChI=1S/C12H17N5O/c1-3-16-8-11(6-15-16)5-13-12(18)9-17-7-10(2)4-14-17/h4,6-8H,3,5,9H2,1-2H3,(H,13,18). The lowest BCUT2D eigenvalue weighted by molar-refractivity contribution is -0.122. The van der Waals surface area contributed by atoms with Crippen LogP contribution in [0.1, 0.15) is 18.1 Å². The van der Waals surface area contributed by atoms with Gasteiger partial charge in [0.25, 0.3) is 0 Å². The zero-order valence-corrected chi connectivity index (χ0v) is 10.6. The van der Waals surface area contributed by atoms with Gasteiger partial charge in [-0.1, -0.05) is 0 Å². The van der Waals surface area contributed by atoms with E-state index in [0.717, 1.165) is 17.7 Å². The van der Waals surface area contributed by atoms with Crippen LogP contribution in [0.25, 0.3) is 0 Å². The quantitative estimate of drug-likeness (QED) is 0.847. The van der Waals surface area contributed by atoms with Crippen LogP contribution in [0.5, 0.6) is 0 Å². The Bertz CT molecular complexity index is 528. The second-order valence-corrected chi connectivity index (χ2v) is 4.20. The van der Waals surface area contributed by atoms with E-state index in [0.29, 0.717) is 6.54 Å². The van der Waals surface area contributed by atoms with Gasteiger partial charge in [0.15, 0.2) is 0 Å². The van der Waals surface area contributed by atoms with E-state index in [4.69, 9.17) is 0 Å². The van der Waals surface area contributed by atoms with E-state index in [9.17, 15) is 4.79 Å². The number of nitrogens with zero attached hydrogens (tertiary/aromatic N) is 4. The molecule has 0 bridgehead atoms. The maximum Gasteiger partial charge on any atom is 0.241 e. The average Bonchev–Trinajstić information content (AvgIpc) is 2.95. The fourth-order valence-electron chi connectivity index (χ4n) is 1.63. The number of hydrogen-bond donors (Lipinski definition) is 1. The number of hydrogen-bond acceptors (Lipinski definition) is 3. The molecule has 96 valence electrons. The maximum absolute atomic E-state index is 11.7. The van der Waals surface area contributed by atoms with E-state index >= 15 is 0 Å². The van der Waals surface area contributed by atoms with Gasteiger partial charge in [-0.3, -0.25) is 14.2 Å². The van der Waals surface area contributed by atoms with Crippen molar-refractivity contribution in [3.05, 3.63) is 35.9 Å². The smallest absolute Gasteiger partial charge is 0.241 e. The summed E-state index contributed by atoms with van der Waals surface area (Å²) in [6, 6.07) is 0. The molecule has 2 aromatic heterocycles. The van der Waals surface area contributed by atoms with Crippen molar-refractivity contribution in [3.63, 3.8) is 0 Å². The molecule has 0 saturated carbocycles. The zero-order valence-electron chi connectivity index (χ0n) is 10.6. The first-order valence-electron chi connectivity index (χ1n) is 5.94. The van der Waals surface area contributed by atoms with Crippen LogP contribution in [0.15, 0.2) is 24.8 Å². The van der Waals surface area contributed by atoms with Gasteiger partial charge < -0.3 is 5.32 Å². The highest BCUT2D eigenvalue weighted by atomic mass is 16.2. The van der Waals surface area contributed by atoms with Gasteiger partial charge in [-0.15, -0.1) is 0 Å². The monoisotopic (exact) mass is 247 g/mol. The molecule has 1 N–H and O–H groups in total. The molecule has 0 saturated heterocycles. The number of amides is 1. The Morgan fingerprint density at radius 2 is 2.06 bits per heavy atom. The van der Waals surface area contributed by atoms with Crippen molar-refractivity contribution in [1.29, 1.82) is 0 Å². The molecular weight excluding hydrogens is 230 g/mol. The van der Waals surface area contributed by atoms with E-state index < -0.39 is 0 Å². The van der Waals surface area contributed by atoms with E-state index in [2.05, 4.69) is 15.5 Å². The first-order chi connectivity index (χ1) is 8.67. The van der Waals surface area contributed by atoms with Gasteiger partial charge in [-0.25, -0.2) is 0 Å². The van der Waals surface area contributed by atoms with Gasteiger partial charge in [0.1, 0.15) is 6.54 Å². The molecule has 0 unspecified atom stereocenters. The van der Waals surface area contributed by atoms with Crippen LogP contribution in [0.2, 0.25) is 0 Å². The summed E-state index contributed by atoms with van der Waals surface area (Å²) in [6.45, 7) is 5.55. The molecule has 0 spiro atoms. The van der Waals surface area contributed by atoms with Crippen LogP contribution in [0.4, 0.5) is 0 Å². The zero-order chi connectivity index (χ0) is 13.0. The maximum atomic E-state index is 11.7. The molecule has 1 amide bonds. The number of nitrogens with one attached hydrogen (secondary N) is 1. The van der Waals surface area contributed by atoms with Crippen LogP contribution >= 0.6 is 0 Å². The van der Waals surface area contributed by atoms with Crippen LogP contribution in [-0.4, -0.2) is 25.5 Å². The second kappa shape index (κ2) is 5.48. The summed E-state index contributed by atoms with van der Waals surface area (Å²) < 4.78 is 3.46. The van der Waals surface area contributed by atoms with Gasteiger partial charge in [0.05, 0.1) is 12.4 Å². The number of aromatic nitrogens is 4. The Morgan fingerprint density at radius 1 is 1.28 bits per heavy atom. The second-order valence-electron chi connectivity index (χ2n) is 4.20. The Balaban J connectivity index is 1.81. The van der Waals surface area contributed by atoms with Crippen molar-refractivity contribution < 1.29 is 4.79 Å². The van der Waals surface area contributed by atoms with Gasteiger partial charge in [0.2, 0.25) is 5.91 Å². The molecule has 6 nitrogen and oxygen atoms in total. The van der Waals surface area contributed by atoms with Crippen molar-refractivity contribution in [2.45, 2.75) is 33.5 Å². The molecule has 0 aliphatic carbocycles. The predicted molar refractivity (Wildman–Crippen MR) is 66.7 cm³/mol. The molecule has 0 atom stereocenters. The number of carbonyl (C=O) groups excluding carboxylic acids is 1. The van der Waals surface area contributed by atoms with Crippen LogP contribution in [0, 0.1) is 6.92 Å². The van der Waals surface area contributed by atoms with Gasteiger partial charge in [0, 0.05) is 31.0 Å². The fourth-order valence-corrected chi connectivity index (χ4v) is 1.63. The molecule has 0 aliphatic rings. The van der Waals surface area contributed by atoms with Gasteiger partial charge in [-0.2, -0.15) is 10.2 Å². The molecule has 0 aliphatic heterocycles.